The highest BCUT2D eigenvalue weighted by Gasteiger charge is 2.12. The number of rotatable bonds is 3. The topological polar surface area (TPSA) is 38.3 Å². The SMILES string of the molecule is CNC(=O)C(C)Oc1cc(C)cc(C)c1. The van der Waals surface area contributed by atoms with Crippen molar-refractivity contribution in [3.05, 3.63) is 29.3 Å². The van der Waals surface area contributed by atoms with E-state index in [0.717, 1.165) is 16.9 Å². The largest absolute Gasteiger partial charge is 0.481 e. The van der Waals surface area contributed by atoms with Gasteiger partial charge in [-0.15, -0.1) is 0 Å². The van der Waals surface area contributed by atoms with Crippen LogP contribution in [0, 0.1) is 13.8 Å². The molecule has 0 spiro atoms. The summed E-state index contributed by atoms with van der Waals surface area (Å²) in [5.41, 5.74) is 2.27. The number of benzene rings is 1. The van der Waals surface area contributed by atoms with Crippen molar-refractivity contribution in [3.8, 4) is 5.75 Å². The van der Waals surface area contributed by atoms with Crippen LogP contribution >= 0.6 is 0 Å². The third-order valence-corrected chi connectivity index (χ3v) is 2.12. The number of nitrogens with one attached hydrogen (secondary N) is 1. The predicted molar refractivity (Wildman–Crippen MR) is 60.1 cm³/mol. The number of hydrogen-bond donors (Lipinski definition) is 1. The van der Waals surface area contributed by atoms with Gasteiger partial charge in [0.15, 0.2) is 6.10 Å². The molecule has 0 saturated heterocycles. The van der Waals surface area contributed by atoms with Gasteiger partial charge in [-0.2, -0.15) is 0 Å². The molecule has 0 saturated carbocycles. The van der Waals surface area contributed by atoms with E-state index in [1.165, 1.54) is 0 Å². The Hall–Kier alpha value is -1.51. The standard InChI is InChI=1S/C12H17NO2/c1-8-5-9(2)7-11(6-8)15-10(3)12(14)13-4/h5-7,10H,1-4H3,(H,13,14). The van der Waals surface area contributed by atoms with Gasteiger partial charge in [-0.1, -0.05) is 6.07 Å². The average Bonchev–Trinajstić information content (AvgIpc) is 2.14. The number of ether oxygens (including phenoxy) is 1. The van der Waals surface area contributed by atoms with Crippen molar-refractivity contribution in [1.29, 1.82) is 0 Å². The molecule has 82 valence electrons. The molecular weight excluding hydrogens is 190 g/mol. The van der Waals surface area contributed by atoms with Crippen LogP contribution in [0.1, 0.15) is 18.1 Å². The van der Waals surface area contributed by atoms with E-state index in [2.05, 4.69) is 11.4 Å². The summed E-state index contributed by atoms with van der Waals surface area (Å²) >= 11 is 0. The molecule has 3 heteroatoms. The second-order valence-electron chi connectivity index (χ2n) is 3.70. The van der Waals surface area contributed by atoms with Gasteiger partial charge in [0, 0.05) is 7.05 Å². The van der Waals surface area contributed by atoms with Crippen LogP contribution in [0.2, 0.25) is 0 Å². The quantitative estimate of drug-likeness (QED) is 0.821. The zero-order chi connectivity index (χ0) is 11.4. The van der Waals surface area contributed by atoms with Gasteiger partial charge >= 0.3 is 0 Å². The summed E-state index contributed by atoms with van der Waals surface area (Å²) in [5, 5.41) is 2.55. The van der Waals surface area contributed by atoms with Crippen molar-refractivity contribution in [3.63, 3.8) is 0 Å². The molecule has 3 nitrogen and oxygen atoms in total. The van der Waals surface area contributed by atoms with E-state index < -0.39 is 6.10 Å². The molecule has 0 fully saturated rings. The van der Waals surface area contributed by atoms with Crippen LogP contribution in [0.15, 0.2) is 18.2 Å². The predicted octanol–water partition coefficient (Wildman–Crippen LogP) is 1.82. The fourth-order valence-corrected chi connectivity index (χ4v) is 1.46. The minimum Gasteiger partial charge on any atom is -0.481 e. The van der Waals surface area contributed by atoms with Crippen molar-refractivity contribution in [2.75, 3.05) is 7.05 Å². The maximum absolute atomic E-state index is 11.2. The van der Waals surface area contributed by atoms with E-state index >= 15 is 0 Å². The molecule has 1 aromatic carbocycles. The Morgan fingerprint density at radius 3 is 2.27 bits per heavy atom. The van der Waals surface area contributed by atoms with Crippen LogP contribution in [0.4, 0.5) is 0 Å². The first-order chi connectivity index (χ1) is 7.02. The van der Waals surface area contributed by atoms with E-state index in [4.69, 9.17) is 4.74 Å². The molecule has 1 rings (SSSR count). The van der Waals surface area contributed by atoms with E-state index in [-0.39, 0.29) is 5.91 Å². The Balaban J connectivity index is 2.76. The summed E-state index contributed by atoms with van der Waals surface area (Å²) in [6.07, 6.45) is -0.462. The molecule has 1 unspecified atom stereocenters. The van der Waals surface area contributed by atoms with Crippen molar-refractivity contribution in [2.24, 2.45) is 0 Å². The molecular formula is C12H17NO2. The first-order valence-corrected chi connectivity index (χ1v) is 4.99. The minimum atomic E-state index is -0.462. The molecule has 0 aliphatic carbocycles. The lowest BCUT2D eigenvalue weighted by Crippen LogP contribution is -2.33. The lowest BCUT2D eigenvalue weighted by atomic mass is 10.1. The average molecular weight is 207 g/mol. The van der Waals surface area contributed by atoms with Gasteiger partial charge in [-0.25, -0.2) is 0 Å². The van der Waals surface area contributed by atoms with E-state index in [9.17, 15) is 4.79 Å². The summed E-state index contributed by atoms with van der Waals surface area (Å²) in [7, 11) is 1.60. The van der Waals surface area contributed by atoms with Gasteiger partial charge in [-0.3, -0.25) is 4.79 Å². The number of amides is 1. The third-order valence-electron chi connectivity index (χ3n) is 2.12. The van der Waals surface area contributed by atoms with Crippen LogP contribution in [-0.2, 0) is 4.79 Å². The number of likely N-dealkylation sites (N-methyl/N-ethyl adjacent to an activating group) is 1. The minimum absolute atomic E-state index is 0.117. The Bertz CT molecular complexity index is 340. The summed E-state index contributed by atoms with van der Waals surface area (Å²) < 4.78 is 5.52. The highest BCUT2D eigenvalue weighted by atomic mass is 16.5. The van der Waals surface area contributed by atoms with E-state index in [0.29, 0.717) is 0 Å². The maximum atomic E-state index is 11.2. The molecule has 1 amide bonds. The highest BCUT2D eigenvalue weighted by molar-refractivity contribution is 5.80. The van der Waals surface area contributed by atoms with Gasteiger partial charge in [0.2, 0.25) is 0 Å². The number of hydrogen-bond acceptors (Lipinski definition) is 2. The normalized spacial score (nSPS) is 12.0. The molecule has 0 heterocycles. The van der Waals surface area contributed by atoms with Gasteiger partial charge < -0.3 is 10.1 Å². The zero-order valence-corrected chi connectivity index (χ0v) is 9.63. The van der Waals surface area contributed by atoms with Gasteiger partial charge in [-0.05, 0) is 44.0 Å². The molecule has 1 atom stereocenters. The summed E-state index contributed by atoms with van der Waals surface area (Å²) in [6, 6.07) is 5.91. The molecule has 0 aliphatic heterocycles. The van der Waals surface area contributed by atoms with Crippen LogP contribution in [0.25, 0.3) is 0 Å². The van der Waals surface area contributed by atoms with Gasteiger partial charge in [0.1, 0.15) is 5.75 Å². The van der Waals surface area contributed by atoms with Crippen LogP contribution in [-0.4, -0.2) is 19.1 Å². The summed E-state index contributed by atoms with van der Waals surface area (Å²) in [5.74, 6) is 0.623. The van der Waals surface area contributed by atoms with Crippen molar-refractivity contribution >= 4 is 5.91 Å². The Morgan fingerprint density at radius 1 is 1.27 bits per heavy atom. The molecule has 1 N–H and O–H groups in total. The van der Waals surface area contributed by atoms with Gasteiger partial charge in [0.05, 0.1) is 0 Å². The van der Waals surface area contributed by atoms with Crippen LogP contribution in [0.3, 0.4) is 0 Å². The fraction of sp³-hybridized carbons (Fsp3) is 0.417. The number of carbonyl (C=O) groups is 1. The number of aryl methyl sites for hydroxylation is 2. The first-order valence-electron chi connectivity index (χ1n) is 4.99. The smallest absolute Gasteiger partial charge is 0.260 e. The molecule has 0 aliphatic rings. The third kappa shape index (κ3) is 3.27. The van der Waals surface area contributed by atoms with Crippen molar-refractivity contribution in [1.82, 2.24) is 5.32 Å². The first kappa shape index (κ1) is 11.6. The zero-order valence-electron chi connectivity index (χ0n) is 9.63. The Morgan fingerprint density at radius 2 is 1.80 bits per heavy atom. The summed E-state index contributed by atoms with van der Waals surface area (Å²) in [6.45, 7) is 5.74. The lowest BCUT2D eigenvalue weighted by molar-refractivity contribution is -0.126. The monoisotopic (exact) mass is 207 g/mol. The van der Waals surface area contributed by atoms with Gasteiger partial charge in [0.25, 0.3) is 5.91 Å². The molecule has 1 aromatic rings. The van der Waals surface area contributed by atoms with Crippen molar-refractivity contribution < 1.29 is 9.53 Å². The second kappa shape index (κ2) is 4.82. The van der Waals surface area contributed by atoms with E-state index in [1.54, 1.807) is 14.0 Å². The lowest BCUT2D eigenvalue weighted by Gasteiger charge is -2.14. The fourth-order valence-electron chi connectivity index (χ4n) is 1.46. The Kier molecular flexibility index (Phi) is 3.72. The van der Waals surface area contributed by atoms with Crippen LogP contribution < -0.4 is 10.1 Å². The molecule has 0 radical (unpaired) electrons. The Labute approximate surface area is 90.4 Å². The molecule has 15 heavy (non-hydrogen) atoms. The van der Waals surface area contributed by atoms with Crippen LogP contribution in [0.5, 0.6) is 5.75 Å². The molecule has 0 aromatic heterocycles. The maximum Gasteiger partial charge on any atom is 0.260 e. The highest BCUT2D eigenvalue weighted by Crippen LogP contribution is 2.17. The number of carbonyl (C=O) groups excluding carboxylic acids is 1. The van der Waals surface area contributed by atoms with E-state index in [1.807, 2.05) is 26.0 Å². The second-order valence-corrected chi connectivity index (χ2v) is 3.70. The molecule has 0 bridgehead atoms. The summed E-state index contributed by atoms with van der Waals surface area (Å²) in [4.78, 5) is 11.2. The van der Waals surface area contributed by atoms with Crippen molar-refractivity contribution in [2.45, 2.75) is 26.9 Å².